The first-order valence-corrected chi connectivity index (χ1v) is 10.9. The van der Waals surface area contributed by atoms with E-state index in [-0.39, 0.29) is 5.91 Å². The van der Waals surface area contributed by atoms with Gasteiger partial charge in [-0.1, -0.05) is 50.2 Å². The number of ether oxygens (including phenoxy) is 1. The quantitative estimate of drug-likeness (QED) is 0.321. The molecule has 5 nitrogen and oxygen atoms in total. The van der Waals surface area contributed by atoms with Gasteiger partial charge < -0.3 is 14.5 Å². The largest absolute Gasteiger partial charge is 0.496 e. The van der Waals surface area contributed by atoms with Crippen LogP contribution < -0.4 is 10.1 Å². The molecule has 0 bridgehead atoms. The van der Waals surface area contributed by atoms with Crippen LogP contribution in [-0.2, 0) is 0 Å². The van der Waals surface area contributed by atoms with Gasteiger partial charge in [0.05, 0.1) is 12.7 Å². The lowest BCUT2D eigenvalue weighted by atomic mass is 10.0. The van der Waals surface area contributed by atoms with E-state index < -0.39 is 0 Å². The van der Waals surface area contributed by atoms with Gasteiger partial charge in [0, 0.05) is 11.3 Å². The molecule has 0 unspecified atom stereocenters. The van der Waals surface area contributed by atoms with Gasteiger partial charge in [0.15, 0.2) is 5.58 Å². The number of anilines is 1. The van der Waals surface area contributed by atoms with Crippen molar-refractivity contribution in [2.75, 3.05) is 12.4 Å². The van der Waals surface area contributed by atoms with Gasteiger partial charge >= 0.3 is 0 Å². The van der Waals surface area contributed by atoms with E-state index in [1.807, 2.05) is 66.7 Å². The van der Waals surface area contributed by atoms with Crippen molar-refractivity contribution in [3.05, 3.63) is 90.0 Å². The SMILES string of the molecule is COc1cc2ccccc2cc1C(=O)Nc1ccc2oc(-c3ccc(C(C)C)cc3)nc2c1. The fraction of sp³-hybridized carbons (Fsp3) is 0.143. The Bertz CT molecular complexity index is 1470. The minimum atomic E-state index is -0.245. The first-order valence-electron chi connectivity index (χ1n) is 10.9. The summed E-state index contributed by atoms with van der Waals surface area (Å²) < 4.78 is 11.4. The maximum Gasteiger partial charge on any atom is 0.259 e. The van der Waals surface area contributed by atoms with Gasteiger partial charge in [-0.05, 0) is 64.7 Å². The Labute approximate surface area is 192 Å². The van der Waals surface area contributed by atoms with Crippen molar-refractivity contribution in [1.29, 1.82) is 0 Å². The average Bonchev–Trinajstić information content (AvgIpc) is 3.26. The minimum absolute atomic E-state index is 0.245. The molecular formula is C28H24N2O3. The predicted molar refractivity (Wildman–Crippen MR) is 132 cm³/mol. The number of carbonyl (C=O) groups excluding carboxylic acids is 1. The first kappa shape index (κ1) is 20.8. The summed E-state index contributed by atoms with van der Waals surface area (Å²) in [4.78, 5) is 17.7. The molecule has 164 valence electrons. The molecule has 0 fully saturated rings. The Morgan fingerprint density at radius 3 is 2.36 bits per heavy atom. The van der Waals surface area contributed by atoms with Crippen LogP contribution in [0.3, 0.4) is 0 Å². The molecule has 1 amide bonds. The van der Waals surface area contributed by atoms with Crippen LogP contribution in [0.25, 0.3) is 33.3 Å². The molecule has 5 rings (SSSR count). The number of carbonyl (C=O) groups is 1. The van der Waals surface area contributed by atoms with Crippen LogP contribution in [0.4, 0.5) is 5.69 Å². The number of fused-ring (bicyclic) bond motifs is 2. The second-order valence-electron chi connectivity index (χ2n) is 8.33. The van der Waals surface area contributed by atoms with E-state index in [1.165, 1.54) is 5.56 Å². The molecule has 1 N–H and O–H groups in total. The molecule has 1 aromatic heterocycles. The van der Waals surface area contributed by atoms with Crippen LogP contribution in [-0.4, -0.2) is 18.0 Å². The molecule has 0 aliphatic rings. The first-order chi connectivity index (χ1) is 16.0. The van der Waals surface area contributed by atoms with Crippen molar-refractivity contribution >= 4 is 33.5 Å². The van der Waals surface area contributed by atoms with E-state index in [1.54, 1.807) is 7.11 Å². The second-order valence-corrected chi connectivity index (χ2v) is 8.33. The highest BCUT2D eigenvalue weighted by molar-refractivity contribution is 6.09. The van der Waals surface area contributed by atoms with Crippen molar-refractivity contribution in [2.45, 2.75) is 19.8 Å². The van der Waals surface area contributed by atoms with Gasteiger partial charge in [-0.3, -0.25) is 4.79 Å². The molecule has 0 saturated heterocycles. The van der Waals surface area contributed by atoms with Gasteiger partial charge in [0.1, 0.15) is 11.3 Å². The van der Waals surface area contributed by atoms with E-state index in [2.05, 4.69) is 36.3 Å². The topological polar surface area (TPSA) is 64.4 Å². The highest BCUT2D eigenvalue weighted by atomic mass is 16.5. The number of rotatable bonds is 5. The summed E-state index contributed by atoms with van der Waals surface area (Å²) in [6, 6.07) is 25.3. The standard InChI is InChI=1S/C28H24N2O3/c1-17(2)18-8-10-19(11-9-18)28-30-24-16-22(12-13-25(24)33-28)29-27(31)23-14-20-6-4-5-7-21(20)15-26(23)32-3/h4-17H,1-3H3,(H,29,31). The van der Waals surface area contributed by atoms with Gasteiger partial charge in [-0.2, -0.15) is 0 Å². The lowest BCUT2D eigenvalue weighted by Gasteiger charge is -2.11. The Balaban J connectivity index is 1.42. The Morgan fingerprint density at radius 1 is 0.939 bits per heavy atom. The number of aromatic nitrogens is 1. The van der Waals surface area contributed by atoms with Gasteiger partial charge in [0.25, 0.3) is 5.91 Å². The third-order valence-electron chi connectivity index (χ3n) is 5.78. The smallest absolute Gasteiger partial charge is 0.259 e. The fourth-order valence-corrected chi connectivity index (χ4v) is 3.90. The van der Waals surface area contributed by atoms with E-state index in [0.717, 1.165) is 16.3 Å². The van der Waals surface area contributed by atoms with Gasteiger partial charge in [-0.15, -0.1) is 0 Å². The van der Waals surface area contributed by atoms with E-state index in [9.17, 15) is 4.79 Å². The predicted octanol–water partition coefficient (Wildman–Crippen LogP) is 7.03. The van der Waals surface area contributed by atoms with Crippen molar-refractivity contribution in [3.63, 3.8) is 0 Å². The number of hydrogen-bond acceptors (Lipinski definition) is 4. The third-order valence-corrected chi connectivity index (χ3v) is 5.78. The van der Waals surface area contributed by atoms with E-state index >= 15 is 0 Å². The fourth-order valence-electron chi connectivity index (χ4n) is 3.90. The molecular weight excluding hydrogens is 412 g/mol. The van der Waals surface area contributed by atoms with Crippen LogP contribution in [0.1, 0.15) is 35.7 Å². The summed E-state index contributed by atoms with van der Waals surface area (Å²) in [7, 11) is 1.57. The maximum absolute atomic E-state index is 13.1. The molecule has 0 saturated carbocycles. The van der Waals surface area contributed by atoms with E-state index in [0.29, 0.717) is 39.9 Å². The zero-order valence-electron chi connectivity index (χ0n) is 18.8. The number of hydrogen-bond donors (Lipinski definition) is 1. The number of nitrogens with zero attached hydrogens (tertiary/aromatic N) is 1. The number of oxazole rings is 1. The Hall–Kier alpha value is -4.12. The van der Waals surface area contributed by atoms with Crippen LogP contribution in [0.2, 0.25) is 0 Å². The molecule has 0 atom stereocenters. The summed E-state index contributed by atoms with van der Waals surface area (Å²) in [5, 5.41) is 4.95. The number of amides is 1. The highest BCUT2D eigenvalue weighted by Gasteiger charge is 2.15. The summed E-state index contributed by atoms with van der Waals surface area (Å²) in [5.41, 5.74) is 4.64. The van der Waals surface area contributed by atoms with Crippen molar-refractivity contribution in [2.24, 2.45) is 0 Å². The molecule has 5 heteroatoms. The minimum Gasteiger partial charge on any atom is -0.496 e. The maximum atomic E-state index is 13.1. The zero-order chi connectivity index (χ0) is 22.9. The lowest BCUT2D eigenvalue weighted by Crippen LogP contribution is -2.13. The molecule has 0 aliphatic heterocycles. The number of methoxy groups -OCH3 is 1. The molecule has 0 aliphatic carbocycles. The van der Waals surface area contributed by atoms with Gasteiger partial charge in [-0.25, -0.2) is 4.98 Å². The highest BCUT2D eigenvalue weighted by Crippen LogP contribution is 2.29. The van der Waals surface area contributed by atoms with Crippen LogP contribution >= 0.6 is 0 Å². The molecule has 33 heavy (non-hydrogen) atoms. The number of benzene rings is 4. The summed E-state index contributed by atoms with van der Waals surface area (Å²) in [6.07, 6.45) is 0. The molecule has 1 heterocycles. The van der Waals surface area contributed by atoms with Crippen LogP contribution in [0.5, 0.6) is 5.75 Å². The zero-order valence-corrected chi connectivity index (χ0v) is 18.8. The Morgan fingerprint density at radius 2 is 1.67 bits per heavy atom. The molecule has 0 radical (unpaired) electrons. The molecule has 4 aromatic carbocycles. The molecule has 5 aromatic rings. The summed E-state index contributed by atoms with van der Waals surface area (Å²) in [5.74, 6) is 1.31. The number of nitrogens with one attached hydrogen (secondary N) is 1. The average molecular weight is 437 g/mol. The Kier molecular flexibility index (Phi) is 5.31. The molecule has 0 spiro atoms. The van der Waals surface area contributed by atoms with Crippen molar-refractivity contribution in [1.82, 2.24) is 4.98 Å². The van der Waals surface area contributed by atoms with Crippen LogP contribution in [0.15, 0.2) is 83.3 Å². The van der Waals surface area contributed by atoms with Crippen molar-refractivity contribution < 1.29 is 13.9 Å². The van der Waals surface area contributed by atoms with Gasteiger partial charge in [0.2, 0.25) is 5.89 Å². The van der Waals surface area contributed by atoms with Crippen molar-refractivity contribution in [3.8, 4) is 17.2 Å². The lowest BCUT2D eigenvalue weighted by molar-refractivity contribution is 0.102. The second kappa shape index (κ2) is 8.43. The third kappa shape index (κ3) is 4.05. The summed E-state index contributed by atoms with van der Waals surface area (Å²) in [6.45, 7) is 4.33. The summed E-state index contributed by atoms with van der Waals surface area (Å²) >= 11 is 0. The monoisotopic (exact) mass is 436 g/mol. The van der Waals surface area contributed by atoms with Crippen LogP contribution in [0, 0.1) is 0 Å². The normalized spacial score (nSPS) is 11.3. The van der Waals surface area contributed by atoms with E-state index in [4.69, 9.17) is 9.15 Å².